The lowest BCUT2D eigenvalue weighted by Gasteiger charge is -2.32. The van der Waals surface area contributed by atoms with Crippen LogP contribution in [0.25, 0.3) is 11.2 Å². The van der Waals surface area contributed by atoms with Gasteiger partial charge in [0.25, 0.3) is 0 Å². The molecule has 0 aliphatic carbocycles. The zero-order valence-corrected chi connectivity index (χ0v) is 16.9. The van der Waals surface area contributed by atoms with Gasteiger partial charge >= 0.3 is 12.1 Å². The van der Waals surface area contributed by atoms with E-state index in [0.29, 0.717) is 6.04 Å². The molecule has 31 heavy (non-hydrogen) atoms. The van der Waals surface area contributed by atoms with Crippen LogP contribution in [0, 0.1) is 0 Å². The number of H-pyrrole nitrogens is 1. The van der Waals surface area contributed by atoms with Crippen LogP contribution in [0.2, 0.25) is 0 Å². The van der Waals surface area contributed by atoms with Crippen LogP contribution in [0.1, 0.15) is 44.3 Å². The van der Waals surface area contributed by atoms with Crippen LogP contribution in [0.3, 0.4) is 0 Å². The minimum absolute atomic E-state index is 0.420. The molecule has 1 aliphatic heterocycles. The lowest BCUT2D eigenvalue weighted by molar-refractivity contribution is -0.192. The number of nitrogens with zero attached hydrogens (tertiary/aromatic N) is 7. The molecular weight excluding hydrogens is 417 g/mol. The van der Waals surface area contributed by atoms with Gasteiger partial charge in [-0.1, -0.05) is 18.6 Å². The van der Waals surface area contributed by atoms with E-state index in [0.717, 1.165) is 55.0 Å². The smallest absolute Gasteiger partial charge is 0.475 e. The van der Waals surface area contributed by atoms with Gasteiger partial charge in [-0.2, -0.15) is 13.2 Å². The largest absolute Gasteiger partial charge is 0.490 e. The summed E-state index contributed by atoms with van der Waals surface area (Å²) in [7, 11) is 0. The van der Waals surface area contributed by atoms with Crippen LogP contribution in [0.5, 0.6) is 0 Å². The van der Waals surface area contributed by atoms with Crippen molar-refractivity contribution in [2.75, 3.05) is 18.0 Å². The molecule has 168 valence electrons. The summed E-state index contributed by atoms with van der Waals surface area (Å²) in [6, 6.07) is 0.420. The molecule has 0 aromatic carbocycles. The minimum atomic E-state index is -5.08. The minimum Gasteiger partial charge on any atom is -0.475 e. The lowest BCUT2D eigenvalue weighted by Crippen LogP contribution is -2.35. The Morgan fingerprint density at radius 3 is 2.61 bits per heavy atom. The molecule has 4 rings (SSSR count). The Morgan fingerprint density at radius 2 is 1.97 bits per heavy atom. The number of rotatable bonds is 5. The van der Waals surface area contributed by atoms with Crippen molar-refractivity contribution in [3.8, 4) is 0 Å². The maximum Gasteiger partial charge on any atom is 0.490 e. The van der Waals surface area contributed by atoms with Gasteiger partial charge in [-0.25, -0.2) is 24.4 Å². The first kappa shape index (κ1) is 22.4. The van der Waals surface area contributed by atoms with Gasteiger partial charge in [-0.3, -0.25) is 0 Å². The number of aliphatic carboxylic acids is 1. The normalized spacial score (nSPS) is 15.0. The molecule has 0 atom stereocenters. The number of halogens is 3. The molecule has 0 bridgehead atoms. The van der Waals surface area contributed by atoms with Crippen LogP contribution in [0.15, 0.2) is 18.9 Å². The third kappa shape index (κ3) is 5.67. The first-order valence-electron chi connectivity index (χ1n) is 9.89. The molecule has 2 N–H and O–H groups in total. The molecule has 0 unspecified atom stereocenters. The number of fused-ring (bicyclic) bond motifs is 1. The highest BCUT2D eigenvalue weighted by Gasteiger charge is 2.38. The van der Waals surface area contributed by atoms with Gasteiger partial charge in [0, 0.05) is 19.3 Å². The zero-order valence-electron chi connectivity index (χ0n) is 16.9. The summed E-state index contributed by atoms with van der Waals surface area (Å²) in [6.07, 6.45) is 5.75. The maximum absolute atomic E-state index is 10.6. The van der Waals surface area contributed by atoms with Crippen molar-refractivity contribution in [3.63, 3.8) is 0 Å². The summed E-state index contributed by atoms with van der Waals surface area (Å²) < 4.78 is 33.8. The second-order valence-electron chi connectivity index (χ2n) is 7.11. The molecule has 13 heteroatoms. The zero-order chi connectivity index (χ0) is 22.4. The molecular formula is C18H23F3N8O2. The molecule has 0 radical (unpaired) electrons. The SMILES string of the molecule is CCCCc1cn(C2CCN(c3ncnc4nc[nH]c34)CC2)nn1.O=C(O)C(F)(F)F. The van der Waals surface area contributed by atoms with Crippen LogP contribution in [-0.4, -0.2) is 65.3 Å². The van der Waals surface area contributed by atoms with Crippen LogP contribution >= 0.6 is 0 Å². The topological polar surface area (TPSA) is 126 Å². The van der Waals surface area contributed by atoms with Gasteiger partial charge in [0.1, 0.15) is 11.8 Å². The Morgan fingerprint density at radius 1 is 1.26 bits per heavy atom. The summed E-state index contributed by atoms with van der Waals surface area (Å²) in [5, 5.41) is 15.8. The highest BCUT2D eigenvalue weighted by molar-refractivity contribution is 5.82. The highest BCUT2D eigenvalue weighted by Crippen LogP contribution is 2.27. The Labute approximate surface area is 175 Å². The van der Waals surface area contributed by atoms with E-state index in [1.54, 1.807) is 12.7 Å². The fraction of sp³-hybridized carbons (Fsp3) is 0.556. The van der Waals surface area contributed by atoms with Crippen molar-refractivity contribution in [1.82, 2.24) is 34.9 Å². The number of hydrogen-bond acceptors (Lipinski definition) is 7. The molecule has 3 aromatic heterocycles. The van der Waals surface area contributed by atoms with Crippen molar-refractivity contribution in [3.05, 3.63) is 24.5 Å². The Kier molecular flexibility index (Phi) is 7.02. The number of piperidine rings is 1. The Hall–Kier alpha value is -3.25. The van der Waals surface area contributed by atoms with Gasteiger partial charge in [0.05, 0.1) is 18.1 Å². The van der Waals surface area contributed by atoms with Crippen molar-refractivity contribution in [2.45, 2.75) is 51.2 Å². The number of aryl methyl sites for hydroxylation is 1. The summed E-state index contributed by atoms with van der Waals surface area (Å²) in [4.78, 5) is 27.2. The highest BCUT2D eigenvalue weighted by atomic mass is 19.4. The van der Waals surface area contributed by atoms with E-state index in [2.05, 4.69) is 48.3 Å². The molecule has 10 nitrogen and oxygen atoms in total. The fourth-order valence-electron chi connectivity index (χ4n) is 3.30. The number of imidazole rings is 1. The summed E-state index contributed by atoms with van der Waals surface area (Å²) in [5.41, 5.74) is 2.74. The molecule has 4 heterocycles. The number of hydrogen-bond donors (Lipinski definition) is 2. The van der Waals surface area contributed by atoms with Crippen molar-refractivity contribution in [1.29, 1.82) is 0 Å². The molecule has 1 aliphatic rings. The van der Waals surface area contributed by atoms with Crippen molar-refractivity contribution >= 4 is 23.0 Å². The lowest BCUT2D eigenvalue weighted by atomic mass is 10.1. The Bertz CT molecular complexity index is 995. The van der Waals surface area contributed by atoms with E-state index >= 15 is 0 Å². The predicted octanol–water partition coefficient (Wildman–Crippen LogP) is 2.76. The average Bonchev–Trinajstić information content (AvgIpc) is 3.41. The van der Waals surface area contributed by atoms with E-state index in [4.69, 9.17) is 9.90 Å². The number of anilines is 1. The third-order valence-electron chi connectivity index (χ3n) is 4.93. The van der Waals surface area contributed by atoms with Gasteiger partial charge in [-0.05, 0) is 25.7 Å². The number of carbonyl (C=O) groups is 1. The number of aromatic amines is 1. The molecule has 0 saturated carbocycles. The van der Waals surface area contributed by atoms with Gasteiger partial charge in [0.2, 0.25) is 0 Å². The quantitative estimate of drug-likeness (QED) is 0.620. The molecule has 1 fully saturated rings. The van der Waals surface area contributed by atoms with Gasteiger partial charge in [0.15, 0.2) is 11.5 Å². The van der Waals surface area contributed by atoms with Crippen LogP contribution in [-0.2, 0) is 11.2 Å². The standard InChI is InChI=1S/C16H22N8.C2HF3O2/c1-2-3-4-12-9-24(22-21-12)13-5-7-23(8-6-13)16-14-15(18-10-17-14)19-11-20-16;3-2(4,5)1(6)7/h9-11,13H,2-8H2,1H3,(H,17,18,19,20);(H,6,7). The van der Waals surface area contributed by atoms with E-state index in [1.165, 1.54) is 12.8 Å². The van der Waals surface area contributed by atoms with Gasteiger partial charge in [-0.15, -0.1) is 5.10 Å². The van der Waals surface area contributed by atoms with E-state index in [1.807, 2.05) is 4.68 Å². The number of carboxylic acids is 1. The first-order valence-corrected chi connectivity index (χ1v) is 9.89. The molecule has 3 aromatic rings. The third-order valence-corrected chi connectivity index (χ3v) is 4.93. The second kappa shape index (κ2) is 9.71. The number of nitrogens with one attached hydrogen (secondary N) is 1. The van der Waals surface area contributed by atoms with Crippen molar-refractivity contribution < 1.29 is 23.1 Å². The number of unbranched alkanes of at least 4 members (excludes halogenated alkanes) is 1. The summed E-state index contributed by atoms with van der Waals surface area (Å²) in [5.74, 6) is -1.81. The predicted molar refractivity (Wildman–Crippen MR) is 104 cm³/mol. The van der Waals surface area contributed by atoms with Gasteiger partial charge < -0.3 is 15.0 Å². The monoisotopic (exact) mass is 440 g/mol. The summed E-state index contributed by atoms with van der Waals surface area (Å²) >= 11 is 0. The van der Waals surface area contributed by atoms with Crippen LogP contribution < -0.4 is 4.90 Å². The number of alkyl halides is 3. The first-order chi connectivity index (χ1) is 14.8. The van der Waals surface area contributed by atoms with E-state index < -0.39 is 12.1 Å². The summed E-state index contributed by atoms with van der Waals surface area (Å²) in [6.45, 7) is 4.09. The Balaban J connectivity index is 0.000000339. The van der Waals surface area contributed by atoms with E-state index in [9.17, 15) is 13.2 Å². The molecule has 0 amide bonds. The number of carboxylic acid groups (broad SMARTS) is 1. The number of aromatic nitrogens is 7. The van der Waals surface area contributed by atoms with E-state index in [-0.39, 0.29) is 0 Å². The second-order valence-corrected chi connectivity index (χ2v) is 7.11. The van der Waals surface area contributed by atoms with Crippen molar-refractivity contribution in [2.24, 2.45) is 0 Å². The van der Waals surface area contributed by atoms with Crippen LogP contribution in [0.4, 0.5) is 19.0 Å². The molecule has 1 saturated heterocycles. The maximum atomic E-state index is 10.6. The average molecular weight is 440 g/mol. The molecule has 0 spiro atoms. The fourth-order valence-corrected chi connectivity index (χ4v) is 3.30.